The van der Waals surface area contributed by atoms with Crippen molar-refractivity contribution in [3.63, 3.8) is 0 Å². The fraction of sp³-hybridized carbons (Fsp3) is 0.429. The largest absolute Gasteiger partial charge is 0.381 e. The lowest BCUT2D eigenvalue weighted by atomic mass is 10.2. The summed E-state index contributed by atoms with van der Waals surface area (Å²) < 4.78 is 0. The molecule has 0 fully saturated rings. The predicted molar refractivity (Wildman–Crippen MR) is 35.7 cm³/mol. The Labute approximate surface area is 55.0 Å². The van der Waals surface area contributed by atoms with Crippen LogP contribution in [0.4, 0.5) is 0 Å². The molecule has 0 aromatic carbocycles. The minimum atomic E-state index is -0.449. The average molecular weight is 123 g/mol. The molecule has 0 aliphatic carbocycles. The fourth-order valence-corrected chi connectivity index (χ4v) is 0.298. The van der Waals surface area contributed by atoms with E-state index in [1.54, 1.807) is 6.92 Å². The Bertz CT molecular complexity index is 191. The molecule has 2 heteroatoms. The molecule has 0 saturated heterocycles. The Hall–Kier alpha value is -1.10. The van der Waals surface area contributed by atoms with Crippen molar-refractivity contribution >= 4 is 5.91 Å². The van der Waals surface area contributed by atoms with Crippen LogP contribution in [0.25, 0.3) is 4.85 Å². The second kappa shape index (κ2) is 3.03. The van der Waals surface area contributed by atoms with Crippen molar-refractivity contribution in [2.45, 2.75) is 20.8 Å². The molecule has 0 atom stereocenters. The van der Waals surface area contributed by atoms with E-state index in [0.717, 1.165) is 5.57 Å². The first-order chi connectivity index (χ1) is 4.09. The number of hydrogen-bond acceptors (Lipinski definition) is 1. The number of nitrogens with zero attached hydrogens (tertiary/aromatic N) is 1. The zero-order valence-corrected chi connectivity index (χ0v) is 5.86. The standard InChI is InChI=1S/C7H9NO/c1-5(2)6(3)7(9)8-4/h1-3H3. The highest BCUT2D eigenvalue weighted by atomic mass is 16.1. The maximum absolute atomic E-state index is 10.5. The highest BCUT2D eigenvalue weighted by molar-refractivity contribution is 6.00. The highest BCUT2D eigenvalue weighted by Gasteiger charge is 2.02. The van der Waals surface area contributed by atoms with Crippen molar-refractivity contribution < 1.29 is 4.79 Å². The van der Waals surface area contributed by atoms with Crippen LogP contribution in [0, 0.1) is 6.57 Å². The summed E-state index contributed by atoms with van der Waals surface area (Å²) in [6, 6.07) is 0. The molecule has 0 aliphatic rings. The smallest absolute Gasteiger partial charge is 0.311 e. The molecule has 0 heterocycles. The second-order valence-corrected chi connectivity index (χ2v) is 2.04. The van der Waals surface area contributed by atoms with Gasteiger partial charge in [0.25, 0.3) is 0 Å². The van der Waals surface area contributed by atoms with E-state index in [9.17, 15) is 4.79 Å². The van der Waals surface area contributed by atoms with E-state index in [0.29, 0.717) is 5.57 Å². The van der Waals surface area contributed by atoms with Crippen molar-refractivity contribution in [1.29, 1.82) is 0 Å². The van der Waals surface area contributed by atoms with Crippen molar-refractivity contribution in [3.05, 3.63) is 22.6 Å². The van der Waals surface area contributed by atoms with Crippen LogP contribution in [0.5, 0.6) is 0 Å². The van der Waals surface area contributed by atoms with E-state index < -0.39 is 5.91 Å². The van der Waals surface area contributed by atoms with Crippen LogP contribution in [-0.4, -0.2) is 5.91 Å². The molecule has 0 N–H and O–H groups in total. The first kappa shape index (κ1) is 7.90. The Morgan fingerprint density at radius 1 is 1.33 bits per heavy atom. The Kier molecular flexibility index (Phi) is 2.66. The van der Waals surface area contributed by atoms with E-state index in [1.807, 2.05) is 13.8 Å². The minimum absolute atomic E-state index is 0.449. The molecule has 1 amide bonds. The van der Waals surface area contributed by atoms with Crippen LogP contribution in [0.2, 0.25) is 0 Å². The SMILES string of the molecule is [C-]#[N+]C(=O)C(C)=C(C)C. The van der Waals surface area contributed by atoms with Gasteiger partial charge >= 0.3 is 5.91 Å². The molecule has 0 aliphatic heterocycles. The fourth-order valence-electron chi connectivity index (χ4n) is 0.298. The lowest BCUT2D eigenvalue weighted by molar-refractivity contribution is -0.111. The second-order valence-electron chi connectivity index (χ2n) is 2.04. The summed E-state index contributed by atoms with van der Waals surface area (Å²) in [6.07, 6.45) is 0. The van der Waals surface area contributed by atoms with Gasteiger partial charge in [-0.3, -0.25) is 0 Å². The van der Waals surface area contributed by atoms with E-state index >= 15 is 0 Å². The number of rotatable bonds is 1. The first-order valence-electron chi connectivity index (χ1n) is 2.65. The number of hydrogen-bond donors (Lipinski definition) is 0. The molecule has 2 nitrogen and oxygen atoms in total. The summed E-state index contributed by atoms with van der Waals surface area (Å²) in [7, 11) is 0. The molecular formula is C7H9NO. The normalized spacial score (nSPS) is 7.78. The molecule has 0 aromatic heterocycles. The number of amides is 1. The molecule has 0 aromatic rings. The molecule has 0 bridgehead atoms. The van der Waals surface area contributed by atoms with Crippen molar-refractivity contribution in [3.8, 4) is 0 Å². The van der Waals surface area contributed by atoms with Gasteiger partial charge in [0.1, 0.15) is 0 Å². The van der Waals surface area contributed by atoms with Gasteiger partial charge in [-0.1, -0.05) is 5.57 Å². The topological polar surface area (TPSA) is 21.4 Å². The number of carbonyl (C=O) groups is 1. The first-order valence-corrected chi connectivity index (χ1v) is 2.65. The quantitative estimate of drug-likeness (QED) is 0.384. The molecule has 0 spiro atoms. The monoisotopic (exact) mass is 123 g/mol. The maximum Gasteiger partial charge on any atom is 0.381 e. The molecule has 0 rings (SSSR count). The van der Waals surface area contributed by atoms with E-state index in [-0.39, 0.29) is 0 Å². The highest BCUT2D eigenvalue weighted by Crippen LogP contribution is 2.02. The van der Waals surface area contributed by atoms with Crippen LogP contribution in [0.1, 0.15) is 20.8 Å². The van der Waals surface area contributed by atoms with Crippen molar-refractivity contribution in [2.24, 2.45) is 0 Å². The van der Waals surface area contributed by atoms with Gasteiger partial charge in [-0.25, -0.2) is 0 Å². The number of allylic oxidation sites excluding steroid dienone is 1. The van der Waals surface area contributed by atoms with Gasteiger partial charge in [-0.05, 0) is 26.3 Å². The van der Waals surface area contributed by atoms with Gasteiger partial charge in [-0.15, -0.1) is 0 Å². The number of carbonyl (C=O) groups excluding carboxylic acids is 1. The zero-order valence-electron chi connectivity index (χ0n) is 5.86. The van der Waals surface area contributed by atoms with Crippen LogP contribution < -0.4 is 0 Å². The Morgan fingerprint density at radius 2 is 1.78 bits per heavy atom. The predicted octanol–water partition coefficient (Wildman–Crippen LogP) is 1.79. The van der Waals surface area contributed by atoms with Crippen LogP contribution in [-0.2, 0) is 4.79 Å². The molecule has 0 unspecified atom stereocenters. The summed E-state index contributed by atoms with van der Waals surface area (Å²) in [4.78, 5) is 13.3. The molecule has 9 heavy (non-hydrogen) atoms. The Morgan fingerprint density at radius 3 is 1.89 bits per heavy atom. The molecule has 0 radical (unpaired) electrons. The summed E-state index contributed by atoms with van der Waals surface area (Å²) in [5.74, 6) is -0.449. The van der Waals surface area contributed by atoms with E-state index in [4.69, 9.17) is 6.57 Å². The van der Waals surface area contributed by atoms with Gasteiger partial charge < -0.3 is 4.79 Å². The summed E-state index contributed by atoms with van der Waals surface area (Å²) in [5.41, 5.74) is 1.47. The lowest BCUT2D eigenvalue weighted by Crippen LogP contribution is -1.92. The van der Waals surface area contributed by atoms with E-state index in [2.05, 4.69) is 4.85 Å². The van der Waals surface area contributed by atoms with Crippen LogP contribution >= 0.6 is 0 Å². The van der Waals surface area contributed by atoms with Crippen LogP contribution in [0.3, 0.4) is 0 Å². The third kappa shape index (κ3) is 2.09. The summed E-state index contributed by atoms with van der Waals surface area (Å²) in [5, 5.41) is 0. The third-order valence-corrected chi connectivity index (χ3v) is 1.17. The van der Waals surface area contributed by atoms with E-state index in [1.165, 1.54) is 0 Å². The maximum atomic E-state index is 10.5. The van der Waals surface area contributed by atoms with Crippen LogP contribution in [0.15, 0.2) is 11.1 Å². The van der Waals surface area contributed by atoms with Gasteiger partial charge in [0, 0.05) is 0 Å². The third-order valence-electron chi connectivity index (χ3n) is 1.17. The molecule has 48 valence electrons. The average Bonchev–Trinajstić information content (AvgIpc) is 1.84. The van der Waals surface area contributed by atoms with Crippen molar-refractivity contribution in [1.82, 2.24) is 0 Å². The molecular weight excluding hydrogens is 114 g/mol. The summed E-state index contributed by atoms with van der Waals surface area (Å²) >= 11 is 0. The van der Waals surface area contributed by atoms with Gasteiger partial charge in [0.15, 0.2) is 0 Å². The van der Waals surface area contributed by atoms with Gasteiger partial charge in [-0.2, -0.15) is 4.85 Å². The lowest BCUT2D eigenvalue weighted by Gasteiger charge is -1.92. The Balaban J connectivity index is 4.45. The summed E-state index contributed by atoms with van der Waals surface area (Å²) in [6.45, 7) is 11.7. The minimum Gasteiger partial charge on any atom is -0.311 e. The van der Waals surface area contributed by atoms with Crippen molar-refractivity contribution in [2.75, 3.05) is 0 Å². The van der Waals surface area contributed by atoms with Gasteiger partial charge in [0.2, 0.25) is 0 Å². The van der Waals surface area contributed by atoms with Gasteiger partial charge in [0.05, 0.1) is 6.57 Å². The molecule has 0 saturated carbocycles. The zero-order chi connectivity index (χ0) is 7.44.